The summed E-state index contributed by atoms with van der Waals surface area (Å²) in [6.07, 6.45) is 1.95. The maximum Gasteiger partial charge on any atom is 0.265 e. The van der Waals surface area contributed by atoms with Crippen LogP contribution in [0.1, 0.15) is 21.7 Å². The Kier molecular flexibility index (Phi) is 9.43. The van der Waals surface area contributed by atoms with E-state index in [1.807, 2.05) is 29.6 Å². The number of methoxy groups -OCH3 is 1. The Morgan fingerprint density at radius 2 is 1.62 bits per heavy atom. The van der Waals surface area contributed by atoms with E-state index < -0.39 is 0 Å². The van der Waals surface area contributed by atoms with E-state index in [9.17, 15) is 9.59 Å². The molecule has 1 aromatic heterocycles. The van der Waals surface area contributed by atoms with Crippen molar-refractivity contribution < 1.29 is 14.3 Å². The number of ether oxygens (including phenoxy) is 1. The van der Waals surface area contributed by atoms with Crippen LogP contribution in [0.3, 0.4) is 0 Å². The molecule has 0 aliphatic heterocycles. The van der Waals surface area contributed by atoms with E-state index in [1.54, 1.807) is 37.4 Å². The summed E-state index contributed by atoms with van der Waals surface area (Å²) in [5.41, 5.74) is 2.68. The minimum Gasteiger partial charge on any atom is -0.383 e. The van der Waals surface area contributed by atoms with E-state index in [0.29, 0.717) is 35.9 Å². The molecule has 3 aromatic rings. The van der Waals surface area contributed by atoms with Crippen LogP contribution in [0.4, 0.5) is 11.4 Å². The van der Waals surface area contributed by atoms with Crippen molar-refractivity contribution in [1.82, 2.24) is 4.90 Å². The van der Waals surface area contributed by atoms with Crippen LogP contribution >= 0.6 is 11.3 Å². The Hall–Kier alpha value is -3.00. The highest BCUT2D eigenvalue weighted by Gasteiger charge is 2.12. The predicted molar refractivity (Wildman–Crippen MR) is 130 cm³/mol. The summed E-state index contributed by atoms with van der Waals surface area (Å²) in [6, 6.07) is 21.1. The molecule has 0 spiro atoms. The second-order valence-electron chi connectivity index (χ2n) is 7.42. The number of amides is 2. The third kappa shape index (κ3) is 7.92. The van der Waals surface area contributed by atoms with Crippen molar-refractivity contribution in [3.05, 3.63) is 82.6 Å². The topological polar surface area (TPSA) is 70.7 Å². The fraction of sp³-hybridized carbons (Fsp3) is 0.280. The van der Waals surface area contributed by atoms with Gasteiger partial charge in [0.25, 0.3) is 5.91 Å². The molecule has 168 valence electrons. The molecule has 0 aliphatic carbocycles. The smallest absolute Gasteiger partial charge is 0.265 e. The number of benzene rings is 2. The molecule has 0 bridgehead atoms. The highest BCUT2D eigenvalue weighted by atomic mass is 32.1. The number of hydrogen-bond acceptors (Lipinski definition) is 5. The van der Waals surface area contributed by atoms with E-state index >= 15 is 0 Å². The lowest BCUT2D eigenvalue weighted by Crippen LogP contribution is -2.36. The van der Waals surface area contributed by atoms with E-state index in [0.717, 1.165) is 19.4 Å². The highest BCUT2D eigenvalue weighted by Crippen LogP contribution is 2.16. The molecule has 0 radical (unpaired) electrons. The van der Waals surface area contributed by atoms with Gasteiger partial charge < -0.3 is 15.4 Å². The molecule has 0 aliphatic rings. The molecule has 2 amide bonds. The van der Waals surface area contributed by atoms with Gasteiger partial charge in [0.1, 0.15) is 0 Å². The summed E-state index contributed by atoms with van der Waals surface area (Å²) in [6.45, 7) is 2.40. The number of rotatable bonds is 12. The van der Waals surface area contributed by atoms with Crippen molar-refractivity contribution in [3.63, 3.8) is 0 Å². The van der Waals surface area contributed by atoms with Crippen molar-refractivity contribution in [2.24, 2.45) is 0 Å². The molecule has 0 atom stereocenters. The van der Waals surface area contributed by atoms with Crippen molar-refractivity contribution in [2.75, 3.05) is 44.0 Å². The Bertz CT molecular complexity index is 960. The molecular formula is C25H29N3O3S. The predicted octanol–water partition coefficient (Wildman–Crippen LogP) is 4.52. The Labute approximate surface area is 193 Å². The molecule has 3 rings (SSSR count). The molecule has 0 saturated carbocycles. The molecule has 32 heavy (non-hydrogen) atoms. The zero-order valence-corrected chi connectivity index (χ0v) is 19.1. The van der Waals surface area contributed by atoms with Gasteiger partial charge in [-0.3, -0.25) is 14.5 Å². The van der Waals surface area contributed by atoms with E-state index in [-0.39, 0.29) is 11.8 Å². The summed E-state index contributed by atoms with van der Waals surface area (Å²) in [4.78, 5) is 27.5. The van der Waals surface area contributed by atoms with Crippen LogP contribution in [0.5, 0.6) is 0 Å². The lowest BCUT2D eigenvalue weighted by Gasteiger charge is -2.21. The summed E-state index contributed by atoms with van der Waals surface area (Å²) in [5.74, 6) is -0.211. The number of carbonyl (C=O) groups excluding carboxylic acids is 2. The van der Waals surface area contributed by atoms with Crippen LogP contribution in [0.25, 0.3) is 0 Å². The first kappa shape index (κ1) is 23.7. The SMILES string of the molecule is COCCN(CCCc1ccccc1)CC(=O)Nc1ccc(NC(=O)c2cccs2)cc1. The molecule has 0 unspecified atom stereocenters. The average molecular weight is 452 g/mol. The molecular weight excluding hydrogens is 422 g/mol. The zero-order chi connectivity index (χ0) is 22.6. The van der Waals surface area contributed by atoms with E-state index in [1.165, 1.54) is 16.9 Å². The van der Waals surface area contributed by atoms with Crippen molar-refractivity contribution >= 4 is 34.5 Å². The Morgan fingerprint density at radius 3 is 2.28 bits per heavy atom. The van der Waals surface area contributed by atoms with Gasteiger partial charge in [-0.2, -0.15) is 0 Å². The normalized spacial score (nSPS) is 10.8. The number of nitrogens with zero attached hydrogens (tertiary/aromatic N) is 1. The Morgan fingerprint density at radius 1 is 0.906 bits per heavy atom. The summed E-state index contributed by atoms with van der Waals surface area (Å²) < 4.78 is 5.20. The van der Waals surface area contributed by atoms with Gasteiger partial charge in [-0.05, 0) is 60.7 Å². The summed E-state index contributed by atoms with van der Waals surface area (Å²) in [7, 11) is 1.67. The first-order chi connectivity index (χ1) is 15.6. The molecule has 0 fully saturated rings. The molecule has 1 heterocycles. The maximum atomic E-state index is 12.6. The molecule has 0 saturated heterocycles. The molecule has 7 heteroatoms. The minimum atomic E-state index is -0.138. The van der Waals surface area contributed by atoms with Gasteiger partial charge in [-0.25, -0.2) is 0 Å². The van der Waals surface area contributed by atoms with E-state index in [4.69, 9.17) is 4.74 Å². The van der Waals surface area contributed by atoms with Gasteiger partial charge in [0.15, 0.2) is 0 Å². The fourth-order valence-electron chi connectivity index (χ4n) is 3.28. The quantitative estimate of drug-likeness (QED) is 0.425. The van der Waals surface area contributed by atoms with Crippen LogP contribution in [-0.2, 0) is 16.0 Å². The standard InChI is InChI=1S/C25H29N3O3S/c1-31-17-16-28(15-5-9-20-7-3-2-4-8-20)19-24(29)26-21-11-13-22(14-12-21)27-25(30)23-10-6-18-32-23/h2-4,6-8,10-14,18H,5,9,15-17,19H2,1H3,(H,26,29)(H,27,30). The van der Waals surface area contributed by atoms with Gasteiger partial charge in [0.05, 0.1) is 18.0 Å². The molecule has 2 N–H and O–H groups in total. The molecule has 2 aromatic carbocycles. The van der Waals surface area contributed by atoms with Crippen LogP contribution in [0.15, 0.2) is 72.1 Å². The van der Waals surface area contributed by atoms with E-state index in [2.05, 4.69) is 27.7 Å². The van der Waals surface area contributed by atoms with Gasteiger partial charge in [0.2, 0.25) is 5.91 Å². The highest BCUT2D eigenvalue weighted by molar-refractivity contribution is 7.12. The number of hydrogen-bond donors (Lipinski definition) is 2. The van der Waals surface area contributed by atoms with Gasteiger partial charge in [-0.15, -0.1) is 11.3 Å². The van der Waals surface area contributed by atoms with Crippen LogP contribution < -0.4 is 10.6 Å². The maximum absolute atomic E-state index is 12.6. The number of thiophene rings is 1. The number of aryl methyl sites for hydroxylation is 1. The first-order valence-electron chi connectivity index (χ1n) is 10.6. The van der Waals surface area contributed by atoms with Crippen LogP contribution in [-0.4, -0.2) is 50.1 Å². The summed E-state index contributed by atoms with van der Waals surface area (Å²) >= 11 is 1.39. The fourth-order valence-corrected chi connectivity index (χ4v) is 3.90. The number of anilines is 2. The van der Waals surface area contributed by atoms with Gasteiger partial charge in [-0.1, -0.05) is 36.4 Å². The first-order valence-corrected chi connectivity index (χ1v) is 11.5. The lowest BCUT2D eigenvalue weighted by molar-refractivity contribution is -0.117. The Balaban J connectivity index is 1.47. The van der Waals surface area contributed by atoms with Crippen LogP contribution in [0, 0.1) is 0 Å². The van der Waals surface area contributed by atoms with Crippen LogP contribution in [0.2, 0.25) is 0 Å². The average Bonchev–Trinajstić information content (AvgIpc) is 3.34. The number of nitrogens with one attached hydrogen (secondary N) is 2. The summed E-state index contributed by atoms with van der Waals surface area (Å²) in [5, 5.41) is 7.65. The second-order valence-corrected chi connectivity index (χ2v) is 8.36. The van der Waals surface area contributed by atoms with Crippen molar-refractivity contribution in [3.8, 4) is 0 Å². The monoisotopic (exact) mass is 451 g/mol. The van der Waals surface area contributed by atoms with Gasteiger partial charge in [0, 0.05) is 25.0 Å². The van der Waals surface area contributed by atoms with Gasteiger partial charge >= 0.3 is 0 Å². The lowest BCUT2D eigenvalue weighted by atomic mass is 10.1. The third-order valence-corrected chi connectivity index (χ3v) is 5.80. The third-order valence-electron chi connectivity index (χ3n) is 4.93. The van der Waals surface area contributed by atoms with Crippen molar-refractivity contribution in [1.29, 1.82) is 0 Å². The minimum absolute atomic E-state index is 0.0730. The largest absolute Gasteiger partial charge is 0.383 e. The van der Waals surface area contributed by atoms with Crippen molar-refractivity contribution in [2.45, 2.75) is 12.8 Å². The zero-order valence-electron chi connectivity index (χ0n) is 18.3. The number of carbonyl (C=O) groups is 2. The second kappa shape index (κ2) is 12.8. The molecule has 6 nitrogen and oxygen atoms in total.